The Balaban J connectivity index is 1.41. The minimum absolute atomic E-state index is 0.0316. The summed E-state index contributed by atoms with van der Waals surface area (Å²) >= 11 is 6.02. The summed E-state index contributed by atoms with van der Waals surface area (Å²) in [6.45, 7) is 2.62. The summed E-state index contributed by atoms with van der Waals surface area (Å²) in [5, 5.41) is 3.87. The number of pyridine rings is 1. The average molecular weight is 395 g/mol. The van der Waals surface area contributed by atoms with Gasteiger partial charge in [-0.2, -0.15) is 0 Å². The molecule has 1 amide bonds. The molecule has 0 aliphatic carbocycles. The Morgan fingerprint density at radius 3 is 2.50 bits per heavy atom. The van der Waals surface area contributed by atoms with Gasteiger partial charge in [0.1, 0.15) is 0 Å². The van der Waals surface area contributed by atoms with Crippen molar-refractivity contribution in [2.45, 2.75) is 0 Å². The molecule has 1 saturated heterocycles. The predicted octanol–water partition coefficient (Wildman–Crippen LogP) is 3.23. The van der Waals surface area contributed by atoms with Gasteiger partial charge in [0.15, 0.2) is 0 Å². The number of aromatic nitrogens is 3. The van der Waals surface area contributed by atoms with Crippen molar-refractivity contribution in [2.24, 2.45) is 0 Å². The van der Waals surface area contributed by atoms with Gasteiger partial charge in [0.25, 0.3) is 5.91 Å². The summed E-state index contributed by atoms with van der Waals surface area (Å²) in [7, 11) is 0. The van der Waals surface area contributed by atoms with Crippen LogP contribution in [0.5, 0.6) is 0 Å². The molecule has 8 heteroatoms. The molecule has 28 heavy (non-hydrogen) atoms. The van der Waals surface area contributed by atoms with E-state index in [1.54, 1.807) is 30.9 Å². The number of nitrogens with one attached hydrogen (secondary N) is 1. The lowest BCUT2D eigenvalue weighted by Gasteiger charge is -2.34. The lowest BCUT2D eigenvalue weighted by molar-refractivity contribution is 0.0746. The molecule has 4 rings (SSSR count). The fraction of sp³-hybridized carbons (Fsp3) is 0.200. The number of anilines is 3. The summed E-state index contributed by atoms with van der Waals surface area (Å²) in [6, 6.07) is 11.0. The van der Waals surface area contributed by atoms with Crippen LogP contribution in [0.3, 0.4) is 0 Å². The van der Waals surface area contributed by atoms with Gasteiger partial charge in [0, 0.05) is 55.5 Å². The van der Waals surface area contributed by atoms with Crippen LogP contribution < -0.4 is 10.2 Å². The maximum absolute atomic E-state index is 12.9. The van der Waals surface area contributed by atoms with E-state index in [1.165, 1.54) is 0 Å². The third-order valence-electron chi connectivity index (χ3n) is 4.50. The van der Waals surface area contributed by atoms with Gasteiger partial charge in [0.2, 0.25) is 5.95 Å². The van der Waals surface area contributed by atoms with Crippen molar-refractivity contribution >= 4 is 34.8 Å². The van der Waals surface area contributed by atoms with Gasteiger partial charge in [-0.3, -0.25) is 9.78 Å². The SMILES string of the molecule is O=C(c1cncc(Nc2cccc(Cl)c2)c1)N1CCN(c2ncccn2)CC1. The van der Waals surface area contributed by atoms with E-state index in [9.17, 15) is 4.79 Å². The number of benzene rings is 1. The van der Waals surface area contributed by atoms with E-state index in [-0.39, 0.29) is 5.91 Å². The second kappa shape index (κ2) is 8.22. The first-order valence-electron chi connectivity index (χ1n) is 8.98. The molecule has 1 N–H and O–H groups in total. The van der Waals surface area contributed by atoms with E-state index in [4.69, 9.17) is 11.6 Å². The molecule has 0 saturated carbocycles. The summed E-state index contributed by atoms with van der Waals surface area (Å²) in [5.74, 6) is 0.667. The van der Waals surface area contributed by atoms with Gasteiger partial charge in [-0.15, -0.1) is 0 Å². The van der Waals surface area contributed by atoms with Crippen LogP contribution in [0.25, 0.3) is 0 Å². The van der Waals surface area contributed by atoms with E-state index in [0.29, 0.717) is 42.7 Å². The summed E-state index contributed by atoms with van der Waals surface area (Å²) in [4.78, 5) is 29.6. The number of rotatable bonds is 4. The van der Waals surface area contributed by atoms with Crippen molar-refractivity contribution in [1.29, 1.82) is 0 Å². The Morgan fingerprint density at radius 2 is 1.75 bits per heavy atom. The maximum atomic E-state index is 12.9. The van der Waals surface area contributed by atoms with E-state index in [1.807, 2.05) is 35.2 Å². The van der Waals surface area contributed by atoms with Crippen LogP contribution >= 0.6 is 11.6 Å². The highest BCUT2D eigenvalue weighted by Gasteiger charge is 2.23. The Bertz CT molecular complexity index is 960. The van der Waals surface area contributed by atoms with Crippen LogP contribution in [-0.2, 0) is 0 Å². The van der Waals surface area contributed by atoms with Crippen molar-refractivity contribution in [2.75, 3.05) is 36.4 Å². The molecule has 1 aliphatic rings. The van der Waals surface area contributed by atoms with Crippen LogP contribution in [0.4, 0.5) is 17.3 Å². The predicted molar refractivity (Wildman–Crippen MR) is 109 cm³/mol. The molecule has 1 aromatic carbocycles. The standard InChI is InChI=1S/C20H19ClN6O/c21-16-3-1-4-17(12-16)25-18-11-15(13-22-14-18)19(28)26-7-9-27(10-8-26)20-23-5-2-6-24-20/h1-6,11-14,25H,7-10H2. The number of nitrogens with zero attached hydrogens (tertiary/aromatic N) is 5. The molecule has 3 aromatic rings. The van der Waals surface area contributed by atoms with Crippen molar-refractivity contribution in [3.63, 3.8) is 0 Å². The largest absolute Gasteiger partial charge is 0.354 e. The van der Waals surface area contributed by atoms with Crippen LogP contribution in [0.1, 0.15) is 10.4 Å². The third-order valence-corrected chi connectivity index (χ3v) is 4.74. The minimum Gasteiger partial charge on any atom is -0.354 e. The number of halogens is 1. The van der Waals surface area contributed by atoms with Gasteiger partial charge in [-0.05, 0) is 30.3 Å². The lowest BCUT2D eigenvalue weighted by Crippen LogP contribution is -2.49. The van der Waals surface area contributed by atoms with Crippen molar-refractivity contribution in [3.05, 3.63) is 71.8 Å². The monoisotopic (exact) mass is 394 g/mol. The van der Waals surface area contributed by atoms with Crippen LogP contribution in [0.15, 0.2) is 61.2 Å². The zero-order valence-electron chi connectivity index (χ0n) is 15.1. The van der Waals surface area contributed by atoms with Crippen LogP contribution in [-0.4, -0.2) is 51.9 Å². The number of carbonyl (C=O) groups is 1. The fourth-order valence-electron chi connectivity index (χ4n) is 3.10. The van der Waals surface area contributed by atoms with Gasteiger partial charge in [0.05, 0.1) is 17.4 Å². The quantitative estimate of drug-likeness (QED) is 0.732. The molecule has 0 spiro atoms. The van der Waals surface area contributed by atoms with E-state index in [0.717, 1.165) is 11.4 Å². The highest BCUT2D eigenvalue weighted by atomic mass is 35.5. The molecule has 142 valence electrons. The molecule has 0 unspecified atom stereocenters. The van der Waals surface area contributed by atoms with Crippen molar-refractivity contribution < 1.29 is 4.79 Å². The molecular formula is C20H19ClN6O. The highest BCUT2D eigenvalue weighted by molar-refractivity contribution is 6.30. The molecular weight excluding hydrogens is 376 g/mol. The molecule has 0 bridgehead atoms. The molecule has 1 fully saturated rings. The van der Waals surface area contributed by atoms with E-state index < -0.39 is 0 Å². The summed E-state index contributed by atoms with van der Waals surface area (Å²) in [5.41, 5.74) is 2.14. The second-order valence-corrected chi connectivity index (χ2v) is 6.86. The molecule has 0 radical (unpaired) electrons. The topological polar surface area (TPSA) is 74.2 Å². The maximum Gasteiger partial charge on any atom is 0.255 e. The number of carbonyl (C=O) groups excluding carboxylic acids is 1. The van der Waals surface area contributed by atoms with E-state index in [2.05, 4.69) is 25.2 Å². The van der Waals surface area contributed by atoms with Gasteiger partial charge >= 0.3 is 0 Å². The zero-order chi connectivity index (χ0) is 19.3. The highest BCUT2D eigenvalue weighted by Crippen LogP contribution is 2.21. The summed E-state index contributed by atoms with van der Waals surface area (Å²) < 4.78 is 0. The first kappa shape index (κ1) is 18.2. The van der Waals surface area contributed by atoms with Crippen molar-refractivity contribution in [1.82, 2.24) is 19.9 Å². The first-order valence-corrected chi connectivity index (χ1v) is 9.36. The van der Waals surface area contributed by atoms with Gasteiger partial charge < -0.3 is 15.1 Å². The molecule has 7 nitrogen and oxygen atoms in total. The average Bonchev–Trinajstić information content (AvgIpc) is 2.74. The smallest absolute Gasteiger partial charge is 0.255 e. The minimum atomic E-state index is -0.0316. The van der Waals surface area contributed by atoms with E-state index >= 15 is 0 Å². The normalized spacial score (nSPS) is 14.0. The number of hydrogen-bond acceptors (Lipinski definition) is 6. The molecule has 3 heterocycles. The molecule has 1 aliphatic heterocycles. The van der Waals surface area contributed by atoms with Crippen LogP contribution in [0.2, 0.25) is 5.02 Å². The summed E-state index contributed by atoms with van der Waals surface area (Å²) in [6.07, 6.45) is 6.73. The molecule has 2 aromatic heterocycles. The Kier molecular flexibility index (Phi) is 5.34. The first-order chi connectivity index (χ1) is 13.7. The molecule has 0 atom stereocenters. The van der Waals surface area contributed by atoms with Gasteiger partial charge in [-0.1, -0.05) is 17.7 Å². The Hall–Kier alpha value is -3.19. The van der Waals surface area contributed by atoms with Crippen LogP contribution in [0, 0.1) is 0 Å². The fourth-order valence-corrected chi connectivity index (χ4v) is 3.30. The van der Waals surface area contributed by atoms with Crippen molar-refractivity contribution in [3.8, 4) is 0 Å². The van der Waals surface area contributed by atoms with Gasteiger partial charge in [-0.25, -0.2) is 9.97 Å². The lowest BCUT2D eigenvalue weighted by atomic mass is 10.2. The number of piperazine rings is 1. The third kappa shape index (κ3) is 4.20. The number of hydrogen-bond donors (Lipinski definition) is 1. The number of amides is 1. The second-order valence-electron chi connectivity index (χ2n) is 6.43. The Labute approximate surface area is 168 Å². The zero-order valence-corrected chi connectivity index (χ0v) is 15.9. The Morgan fingerprint density at radius 1 is 0.964 bits per heavy atom.